The highest BCUT2D eigenvalue weighted by Gasteiger charge is 2.33. The number of hydrogen-bond acceptors (Lipinski definition) is 3. The zero-order valence-corrected chi connectivity index (χ0v) is 16.6. The van der Waals surface area contributed by atoms with Crippen LogP contribution in [0.4, 0.5) is 18.9 Å². The molecule has 0 spiro atoms. The zero-order chi connectivity index (χ0) is 21.0. The quantitative estimate of drug-likeness (QED) is 0.505. The van der Waals surface area contributed by atoms with E-state index in [0.29, 0.717) is 0 Å². The maximum absolute atomic E-state index is 12.9. The second-order valence-corrected chi connectivity index (χ2v) is 8.49. The number of amides is 1. The van der Waals surface area contributed by atoms with Crippen LogP contribution in [0.25, 0.3) is 0 Å². The second kappa shape index (κ2) is 8.22. The van der Waals surface area contributed by atoms with Crippen molar-refractivity contribution in [3.63, 3.8) is 0 Å². The van der Waals surface area contributed by atoms with Crippen LogP contribution in [0.2, 0.25) is 5.02 Å². The topological polar surface area (TPSA) is 64.9 Å². The highest BCUT2D eigenvalue weighted by Crippen LogP contribution is 2.36. The third kappa shape index (κ3) is 7.51. The maximum atomic E-state index is 12.9. The van der Waals surface area contributed by atoms with Crippen LogP contribution in [0, 0.1) is 16.7 Å². The molecule has 1 aromatic rings. The SMILES string of the molecule is CC(C)(C)CC(C)(C)N/C=C(/C#N)C(=O)Nc1ccc(Cl)c(C(F)(F)F)c1. The average molecular weight is 402 g/mol. The van der Waals surface area contributed by atoms with Crippen molar-refractivity contribution in [2.45, 2.75) is 52.8 Å². The van der Waals surface area contributed by atoms with Gasteiger partial charge < -0.3 is 10.6 Å². The molecule has 0 bridgehead atoms. The minimum atomic E-state index is -4.65. The largest absolute Gasteiger partial charge is 0.417 e. The molecule has 0 atom stereocenters. The van der Waals surface area contributed by atoms with Crippen molar-refractivity contribution in [1.82, 2.24) is 5.32 Å². The van der Waals surface area contributed by atoms with E-state index in [1.54, 1.807) is 6.07 Å². The van der Waals surface area contributed by atoms with Crippen LogP contribution in [-0.2, 0) is 11.0 Å². The number of hydrogen-bond donors (Lipinski definition) is 2. The smallest absolute Gasteiger partial charge is 0.385 e. The molecule has 0 aliphatic carbocycles. The fourth-order valence-corrected chi connectivity index (χ4v) is 3.04. The number of benzene rings is 1. The molecule has 0 aliphatic rings. The Kier molecular flexibility index (Phi) is 6.95. The van der Waals surface area contributed by atoms with Crippen LogP contribution in [0.15, 0.2) is 30.0 Å². The van der Waals surface area contributed by atoms with Gasteiger partial charge in [0.15, 0.2) is 0 Å². The Hall–Kier alpha value is -2.20. The maximum Gasteiger partial charge on any atom is 0.417 e. The van der Waals surface area contributed by atoms with E-state index in [4.69, 9.17) is 11.6 Å². The first-order valence-corrected chi connectivity index (χ1v) is 8.58. The Labute approximate surface area is 162 Å². The fraction of sp³-hybridized carbons (Fsp3) is 0.474. The van der Waals surface area contributed by atoms with Crippen LogP contribution in [-0.4, -0.2) is 11.4 Å². The molecule has 0 fully saturated rings. The molecule has 4 nitrogen and oxygen atoms in total. The Bertz CT molecular complexity index is 772. The Morgan fingerprint density at radius 1 is 1.22 bits per heavy atom. The van der Waals surface area contributed by atoms with Crippen molar-refractivity contribution < 1.29 is 18.0 Å². The molecule has 2 N–H and O–H groups in total. The fourth-order valence-electron chi connectivity index (χ4n) is 2.81. The van der Waals surface area contributed by atoms with E-state index in [-0.39, 0.29) is 22.2 Å². The number of nitrogens with zero attached hydrogens (tertiary/aromatic N) is 1. The molecule has 8 heteroatoms. The summed E-state index contributed by atoms with van der Waals surface area (Å²) in [6, 6.07) is 4.76. The summed E-state index contributed by atoms with van der Waals surface area (Å²) in [7, 11) is 0. The molecule has 0 unspecified atom stereocenters. The normalized spacial score (nSPS) is 13.1. The molecule has 1 rings (SSSR count). The van der Waals surface area contributed by atoms with Crippen LogP contribution >= 0.6 is 11.6 Å². The summed E-state index contributed by atoms with van der Waals surface area (Å²) in [4.78, 5) is 12.2. The monoisotopic (exact) mass is 401 g/mol. The van der Waals surface area contributed by atoms with Gasteiger partial charge in [0.25, 0.3) is 5.91 Å². The van der Waals surface area contributed by atoms with Gasteiger partial charge in [-0.05, 0) is 43.9 Å². The molecule has 1 amide bonds. The summed E-state index contributed by atoms with van der Waals surface area (Å²) in [5.74, 6) is -0.813. The van der Waals surface area contributed by atoms with Gasteiger partial charge in [-0.15, -0.1) is 0 Å². The third-order valence-corrected chi connectivity index (χ3v) is 3.80. The van der Waals surface area contributed by atoms with Crippen LogP contribution in [0.1, 0.15) is 46.6 Å². The van der Waals surface area contributed by atoms with Gasteiger partial charge in [-0.3, -0.25) is 4.79 Å². The number of rotatable bonds is 5. The molecule has 0 aliphatic heterocycles. The average Bonchev–Trinajstić information content (AvgIpc) is 2.46. The lowest BCUT2D eigenvalue weighted by atomic mass is 9.82. The predicted octanol–water partition coefficient (Wildman–Crippen LogP) is 5.51. The number of carbonyl (C=O) groups excluding carboxylic acids is 1. The molecule has 148 valence electrons. The Morgan fingerprint density at radius 3 is 2.30 bits per heavy atom. The van der Waals surface area contributed by atoms with Crippen molar-refractivity contribution >= 4 is 23.2 Å². The van der Waals surface area contributed by atoms with E-state index in [1.165, 1.54) is 12.3 Å². The van der Waals surface area contributed by atoms with Crippen molar-refractivity contribution in [3.05, 3.63) is 40.6 Å². The number of anilines is 1. The zero-order valence-electron chi connectivity index (χ0n) is 15.9. The minimum absolute atomic E-state index is 0.0245. The molecule has 0 saturated heterocycles. The highest BCUT2D eigenvalue weighted by molar-refractivity contribution is 6.31. The molecule has 0 radical (unpaired) electrons. The van der Waals surface area contributed by atoms with E-state index >= 15 is 0 Å². The van der Waals surface area contributed by atoms with E-state index < -0.39 is 22.7 Å². The minimum Gasteiger partial charge on any atom is -0.385 e. The van der Waals surface area contributed by atoms with Crippen LogP contribution < -0.4 is 10.6 Å². The van der Waals surface area contributed by atoms with Gasteiger partial charge in [0.2, 0.25) is 0 Å². The van der Waals surface area contributed by atoms with Gasteiger partial charge in [0.05, 0.1) is 10.6 Å². The van der Waals surface area contributed by atoms with E-state index in [9.17, 15) is 23.2 Å². The summed E-state index contributed by atoms with van der Waals surface area (Å²) >= 11 is 5.55. The number of alkyl halides is 3. The number of nitrogens with one attached hydrogen (secondary N) is 2. The lowest BCUT2D eigenvalue weighted by Gasteiger charge is -2.33. The van der Waals surface area contributed by atoms with Gasteiger partial charge >= 0.3 is 6.18 Å². The Balaban J connectivity index is 2.96. The summed E-state index contributed by atoms with van der Waals surface area (Å²) in [6.45, 7) is 10.1. The van der Waals surface area contributed by atoms with Crippen molar-refractivity contribution in [2.75, 3.05) is 5.32 Å². The lowest BCUT2D eigenvalue weighted by molar-refractivity contribution is -0.137. The Morgan fingerprint density at radius 2 is 1.81 bits per heavy atom. The predicted molar refractivity (Wildman–Crippen MR) is 100 cm³/mol. The standard InChI is InChI=1S/C19H23ClF3N3O/c1-17(2,3)11-18(4,5)25-10-12(9-24)16(27)26-13-6-7-15(20)14(8-13)19(21,22)23/h6-8,10,25H,11H2,1-5H3,(H,26,27)/b12-10-. The number of carbonyl (C=O) groups is 1. The molecule has 0 saturated carbocycles. The van der Waals surface area contributed by atoms with E-state index in [2.05, 4.69) is 31.4 Å². The van der Waals surface area contributed by atoms with Gasteiger partial charge in [-0.1, -0.05) is 32.4 Å². The van der Waals surface area contributed by atoms with Crippen LogP contribution in [0.3, 0.4) is 0 Å². The second-order valence-electron chi connectivity index (χ2n) is 8.08. The highest BCUT2D eigenvalue weighted by atomic mass is 35.5. The third-order valence-electron chi connectivity index (χ3n) is 3.47. The summed E-state index contributed by atoms with van der Waals surface area (Å²) in [6.07, 6.45) is -2.60. The first kappa shape index (κ1) is 22.8. The molecular weight excluding hydrogens is 379 g/mol. The van der Waals surface area contributed by atoms with Crippen LogP contribution in [0.5, 0.6) is 0 Å². The molecule has 0 heterocycles. The van der Waals surface area contributed by atoms with E-state index in [0.717, 1.165) is 18.6 Å². The van der Waals surface area contributed by atoms with Gasteiger partial charge in [-0.25, -0.2) is 0 Å². The van der Waals surface area contributed by atoms with Crippen molar-refractivity contribution in [3.8, 4) is 6.07 Å². The van der Waals surface area contributed by atoms with Crippen molar-refractivity contribution in [2.24, 2.45) is 5.41 Å². The summed E-state index contributed by atoms with van der Waals surface area (Å²) in [5.41, 5.74) is -1.78. The summed E-state index contributed by atoms with van der Waals surface area (Å²) in [5, 5.41) is 14.1. The first-order chi connectivity index (χ1) is 12.1. The van der Waals surface area contributed by atoms with Crippen molar-refractivity contribution in [1.29, 1.82) is 5.26 Å². The summed E-state index contributed by atoms with van der Waals surface area (Å²) < 4.78 is 38.7. The van der Waals surface area contributed by atoms with Gasteiger partial charge in [-0.2, -0.15) is 18.4 Å². The molecule has 0 aromatic heterocycles. The van der Waals surface area contributed by atoms with Gasteiger partial charge in [0, 0.05) is 17.4 Å². The number of nitriles is 1. The first-order valence-electron chi connectivity index (χ1n) is 8.21. The van der Waals surface area contributed by atoms with E-state index in [1.807, 2.05) is 13.8 Å². The molecule has 27 heavy (non-hydrogen) atoms. The van der Waals surface area contributed by atoms with Gasteiger partial charge in [0.1, 0.15) is 11.6 Å². The molecular formula is C19H23ClF3N3O. The number of halogens is 4. The lowest BCUT2D eigenvalue weighted by Crippen LogP contribution is -2.39. The molecule has 1 aromatic carbocycles.